The number of hydrogen-bond donors (Lipinski definition) is 1. The summed E-state index contributed by atoms with van der Waals surface area (Å²) in [5.74, 6) is 2.98. The standard InChI is InChI=1S/C13H16ClN3S/c14-10-2-4-11(5-3-10)17-12(15)16-8-13(17)6-1-7-18-9-13/h2-5H,1,6-9H2,(H2,15,16). The zero-order valence-electron chi connectivity index (χ0n) is 10.1. The lowest BCUT2D eigenvalue weighted by Crippen LogP contribution is -2.55. The van der Waals surface area contributed by atoms with Crippen molar-refractivity contribution < 1.29 is 0 Å². The van der Waals surface area contributed by atoms with Crippen LogP contribution in [0.5, 0.6) is 0 Å². The maximum absolute atomic E-state index is 6.09. The average molecular weight is 282 g/mol. The Balaban J connectivity index is 1.96. The van der Waals surface area contributed by atoms with E-state index in [1.807, 2.05) is 36.0 Å². The van der Waals surface area contributed by atoms with Crippen molar-refractivity contribution in [2.45, 2.75) is 18.4 Å². The minimum atomic E-state index is 0.0842. The lowest BCUT2D eigenvalue weighted by atomic mass is 9.94. The highest BCUT2D eigenvalue weighted by molar-refractivity contribution is 7.99. The minimum Gasteiger partial charge on any atom is -0.369 e. The van der Waals surface area contributed by atoms with Gasteiger partial charge in [0.2, 0.25) is 0 Å². The number of guanidine groups is 1. The highest BCUT2D eigenvalue weighted by Gasteiger charge is 2.44. The molecule has 5 heteroatoms. The van der Waals surface area contributed by atoms with Crippen LogP contribution in [-0.2, 0) is 0 Å². The van der Waals surface area contributed by atoms with Gasteiger partial charge in [-0.25, -0.2) is 0 Å². The van der Waals surface area contributed by atoms with Crippen molar-refractivity contribution in [3.05, 3.63) is 29.3 Å². The number of nitrogens with two attached hydrogens (primary N) is 1. The van der Waals surface area contributed by atoms with Gasteiger partial charge in [-0.05, 0) is 42.9 Å². The predicted octanol–water partition coefficient (Wildman–Crippen LogP) is 2.74. The number of aliphatic imine (C=N–C) groups is 1. The molecular weight excluding hydrogens is 266 g/mol. The van der Waals surface area contributed by atoms with Crippen molar-refractivity contribution in [3.8, 4) is 0 Å². The van der Waals surface area contributed by atoms with Crippen LogP contribution in [-0.4, -0.2) is 29.5 Å². The molecule has 0 bridgehead atoms. The lowest BCUT2D eigenvalue weighted by molar-refractivity contribution is 0.457. The molecule has 1 unspecified atom stereocenters. The third-order valence-corrected chi connectivity index (χ3v) is 5.20. The zero-order valence-corrected chi connectivity index (χ0v) is 11.7. The van der Waals surface area contributed by atoms with Crippen LogP contribution in [0.4, 0.5) is 5.69 Å². The van der Waals surface area contributed by atoms with E-state index in [0.717, 1.165) is 29.4 Å². The Kier molecular flexibility index (Phi) is 3.16. The second-order valence-electron chi connectivity index (χ2n) is 4.87. The van der Waals surface area contributed by atoms with Crippen LogP contribution < -0.4 is 10.6 Å². The fraction of sp³-hybridized carbons (Fsp3) is 0.462. The molecule has 1 spiro atoms. The molecule has 1 atom stereocenters. The van der Waals surface area contributed by atoms with Crippen molar-refractivity contribution in [3.63, 3.8) is 0 Å². The van der Waals surface area contributed by atoms with E-state index in [4.69, 9.17) is 17.3 Å². The minimum absolute atomic E-state index is 0.0842. The van der Waals surface area contributed by atoms with Crippen molar-refractivity contribution in [2.75, 3.05) is 23.0 Å². The van der Waals surface area contributed by atoms with E-state index in [1.54, 1.807) is 0 Å². The van der Waals surface area contributed by atoms with Crippen molar-refractivity contribution in [1.29, 1.82) is 0 Å². The summed E-state index contributed by atoms with van der Waals surface area (Å²) in [7, 11) is 0. The first-order valence-electron chi connectivity index (χ1n) is 6.15. The summed E-state index contributed by atoms with van der Waals surface area (Å²) in [6.07, 6.45) is 2.39. The molecule has 2 aliphatic heterocycles. The molecule has 0 saturated carbocycles. The number of halogens is 1. The summed E-state index contributed by atoms with van der Waals surface area (Å²) >= 11 is 7.95. The van der Waals surface area contributed by atoms with Crippen molar-refractivity contribution in [2.24, 2.45) is 10.7 Å². The molecule has 0 amide bonds. The van der Waals surface area contributed by atoms with Gasteiger partial charge in [0.15, 0.2) is 5.96 Å². The number of hydrogen-bond acceptors (Lipinski definition) is 4. The average Bonchev–Trinajstić information content (AvgIpc) is 2.69. The van der Waals surface area contributed by atoms with Crippen molar-refractivity contribution in [1.82, 2.24) is 0 Å². The van der Waals surface area contributed by atoms with Crippen LogP contribution in [0, 0.1) is 0 Å². The van der Waals surface area contributed by atoms with Gasteiger partial charge < -0.3 is 10.6 Å². The smallest absolute Gasteiger partial charge is 0.196 e. The Morgan fingerprint density at radius 3 is 2.78 bits per heavy atom. The number of thioether (sulfide) groups is 1. The Morgan fingerprint density at radius 2 is 2.11 bits per heavy atom. The first-order chi connectivity index (χ1) is 8.71. The van der Waals surface area contributed by atoms with Gasteiger partial charge in [-0.3, -0.25) is 4.99 Å². The third kappa shape index (κ3) is 1.97. The number of anilines is 1. The lowest BCUT2D eigenvalue weighted by Gasteiger charge is -2.41. The van der Waals surface area contributed by atoms with Crippen LogP contribution in [0.25, 0.3) is 0 Å². The monoisotopic (exact) mass is 281 g/mol. The Hall–Kier alpha value is -0.870. The van der Waals surface area contributed by atoms with Gasteiger partial charge in [0.25, 0.3) is 0 Å². The van der Waals surface area contributed by atoms with Gasteiger partial charge >= 0.3 is 0 Å². The van der Waals surface area contributed by atoms with Gasteiger partial charge in [0.1, 0.15) is 0 Å². The number of rotatable bonds is 1. The van der Waals surface area contributed by atoms with E-state index in [9.17, 15) is 0 Å². The maximum Gasteiger partial charge on any atom is 0.196 e. The molecule has 1 saturated heterocycles. The Labute approximate surface area is 116 Å². The maximum atomic E-state index is 6.09. The van der Waals surface area contributed by atoms with E-state index < -0.39 is 0 Å². The first kappa shape index (κ1) is 12.2. The summed E-state index contributed by atoms with van der Waals surface area (Å²) in [6.45, 7) is 0.814. The molecule has 3 nitrogen and oxygen atoms in total. The topological polar surface area (TPSA) is 41.6 Å². The summed E-state index contributed by atoms with van der Waals surface area (Å²) in [6, 6.07) is 7.87. The predicted molar refractivity (Wildman–Crippen MR) is 79.7 cm³/mol. The van der Waals surface area contributed by atoms with E-state index in [-0.39, 0.29) is 5.54 Å². The van der Waals surface area contributed by atoms with Gasteiger partial charge in [-0.1, -0.05) is 11.6 Å². The fourth-order valence-corrected chi connectivity index (χ4v) is 4.11. The molecule has 0 radical (unpaired) electrons. The molecule has 2 aliphatic rings. The molecule has 1 fully saturated rings. The molecule has 1 aromatic rings. The van der Waals surface area contributed by atoms with E-state index in [0.29, 0.717) is 5.96 Å². The molecule has 1 aromatic carbocycles. The van der Waals surface area contributed by atoms with Crippen LogP contribution >= 0.6 is 23.4 Å². The normalized spacial score (nSPS) is 27.6. The molecular formula is C13H16ClN3S. The summed E-state index contributed by atoms with van der Waals surface area (Å²) in [5.41, 5.74) is 7.27. The molecule has 0 aliphatic carbocycles. The Bertz CT molecular complexity index is 466. The second-order valence-corrected chi connectivity index (χ2v) is 6.41. The summed E-state index contributed by atoms with van der Waals surface area (Å²) in [5, 5.41) is 0.750. The van der Waals surface area contributed by atoms with E-state index in [1.165, 1.54) is 12.2 Å². The molecule has 96 valence electrons. The quantitative estimate of drug-likeness (QED) is 0.861. The Morgan fingerprint density at radius 1 is 1.33 bits per heavy atom. The molecule has 0 aromatic heterocycles. The van der Waals surface area contributed by atoms with Crippen LogP contribution in [0.1, 0.15) is 12.8 Å². The second kappa shape index (κ2) is 4.67. The van der Waals surface area contributed by atoms with Gasteiger partial charge in [0, 0.05) is 16.5 Å². The first-order valence-corrected chi connectivity index (χ1v) is 7.68. The summed E-state index contributed by atoms with van der Waals surface area (Å²) < 4.78 is 0. The van der Waals surface area contributed by atoms with E-state index >= 15 is 0 Å². The number of benzene rings is 1. The van der Waals surface area contributed by atoms with Crippen LogP contribution in [0.2, 0.25) is 5.02 Å². The largest absolute Gasteiger partial charge is 0.369 e. The molecule has 18 heavy (non-hydrogen) atoms. The van der Waals surface area contributed by atoms with Crippen LogP contribution in [0.15, 0.2) is 29.3 Å². The number of nitrogens with zero attached hydrogens (tertiary/aromatic N) is 2. The molecule has 3 rings (SSSR count). The SMILES string of the molecule is NC1=NCC2(CCCSC2)N1c1ccc(Cl)cc1. The highest BCUT2D eigenvalue weighted by Crippen LogP contribution is 2.38. The zero-order chi connectivity index (χ0) is 12.6. The van der Waals surface area contributed by atoms with Gasteiger partial charge in [-0.15, -0.1) is 0 Å². The molecule has 2 heterocycles. The molecule has 2 N–H and O–H groups in total. The fourth-order valence-electron chi connectivity index (χ4n) is 2.75. The highest BCUT2D eigenvalue weighted by atomic mass is 35.5. The summed E-state index contributed by atoms with van der Waals surface area (Å²) in [4.78, 5) is 6.67. The third-order valence-electron chi connectivity index (χ3n) is 3.63. The van der Waals surface area contributed by atoms with Crippen LogP contribution in [0.3, 0.4) is 0 Å². The van der Waals surface area contributed by atoms with E-state index in [2.05, 4.69) is 9.89 Å². The van der Waals surface area contributed by atoms with Gasteiger partial charge in [0.05, 0.1) is 12.1 Å². The van der Waals surface area contributed by atoms with Crippen molar-refractivity contribution >= 4 is 35.0 Å². The van der Waals surface area contributed by atoms with Gasteiger partial charge in [-0.2, -0.15) is 11.8 Å².